The fourth-order valence-corrected chi connectivity index (χ4v) is 2.97. The number of nitrogens with two attached hydrogens (primary N) is 1. The third-order valence-electron chi connectivity index (χ3n) is 3.67. The second-order valence-corrected chi connectivity index (χ2v) is 5.67. The highest BCUT2D eigenvalue weighted by molar-refractivity contribution is 5.99. The van der Waals surface area contributed by atoms with Crippen LogP contribution >= 0.6 is 0 Å². The van der Waals surface area contributed by atoms with Crippen LogP contribution in [0.3, 0.4) is 0 Å². The first-order valence-electron chi connectivity index (χ1n) is 6.71. The molecule has 1 fully saturated rings. The Morgan fingerprint density at radius 3 is 2.45 bits per heavy atom. The van der Waals surface area contributed by atoms with E-state index in [0.29, 0.717) is 17.5 Å². The van der Waals surface area contributed by atoms with Gasteiger partial charge in [-0.1, -0.05) is 13.8 Å². The number of carbonyl (C=O) groups excluding carboxylic acids is 1. The molecular formula is C14H19N3O3. The molecule has 0 aliphatic carbocycles. The SMILES string of the molecule is CC1CC(C)CN(c2ccc([N+](=O)[O-])cc2C(N)=O)C1. The van der Waals surface area contributed by atoms with Crippen molar-refractivity contribution in [3.05, 3.63) is 33.9 Å². The molecule has 1 aliphatic rings. The average Bonchev–Trinajstić information content (AvgIpc) is 2.36. The molecule has 108 valence electrons. The Balaban J connectivity index is 2.40. The lowest BCUT2D eigenvalue weighted by Gasteiger charge is -2.37. The zero-order chi connectivity index (χ0) is 14.9. The van der Waals surface area contributed by atoms with Crippen LogP contribution in [-0.2, 0) is 0 Å². The van der Waals surface area contributed by atoms with Crippen LogP contribution in [0.2, 0.25) is 0 Å². The Hall–Kier alpha value is -2.11. The van der Waals surface area contributed by atoms with Gasteiger partial charge in [-0.3, -0.25) is 14.9 Å². The molecule has 2 rings (SSSR count). The van der Waals surface area contributed by atoms with Crippen molar-refractivity contribution in [3.8, 4) is 0 Å². The van der Waals surface area contributed by atoms with Gasteiger partial charge in [0.25, 0.3) is 11.6 Å². The van der Waals surface area contributed by atoms with Crippen molar-refractivity contribution in [2.24, 2.45) is 17.6 Å². The molecule has 6 heteroatoms. The van der Waals surface area contributed by atoms with Gasteiger partial charge in [0.05, 0.1) is 16.2 Å². The zero-order valence-electron chi connectivity index (χ0n) is 11.7. The van der Waals surface area contributed by atoms with E-state index < -0.39 is 10.8 Å². The summed E-state index contributed by atoms with van der Waals surface area (Å²) in [5.41, 5.74) is 6.18. The molecule has 2 unspecified atom stereocenters. The van der Waals surface area contributed by atoms with Crippen LogP contribution in [-0.4, -0.2) is 23.9 Å². The van der Waals surface area contributed by atoms with Gasteiger partial charge in [-0.15, -0.1) is 0 Å². The summed E-state index contributed by atoms with van der Waals surface area (Å²) in [6, 6.07) is 4.32. The van der Waals surface area contributed by atoms with Gasteiger partial charge in [0.2, 0.25) is 0 Å². The number of rotatable bonds is 3. The predicted octanol–water partition coefficient (Wildman–Crippen LogP) is 2.18. The van der Waals surface area contributed by atoms with E-state index in [1.165, 1.54) is 12.1 Å². The number of non-ortho nitro benzene ring substituents is 1. The number of nitro groups is 1. The highest BCUT2D eigenvalue weighted by atomic mass is 16.6. The summed E-state index contributed by atoms with van der Waals surface area (Å²) in [7, 11) is 0. The maximum Gasteiger partial charge on any atom is 0.270 e. The first-order chi connectivity index (χ1) is 9.38. The summed E-state index contributed by atoms with van der Waals surface area (Å²) < 4.78 is 0. The quantitative estimate of drug-likeness (QED) is 0.677. The molecule has 2 atom stereocenters. The highest BCUT2D eigenvalue weighted by Crippen LogP contribution is 2.30. The van der Waals surface area contributed by atoms with E-state index in [1.807, 2.05) is 0 Å². The van der Waals surface area contributed by atoms with Crippen molar-refractivity contribution in [1.29, 1.82) is 0 Å². The summed E-state index contributed by atoms with van der Waals surface area (Å²) in [5, 5.41) is 10.8. The van der Waals surface area contributed by atoms with E-state index in [-0.39, 0.29) is 11.3 Å². The Labute approximate surface area is 117 Å². The Morgan fingerprint density at radius 2 is 1.95 bits per heavy atom. The van der Waals surface area contributed by atoms with Gasteiger partial charge in [-0.25, -0.2) is 0 Å². The second-order valence-electron chi connectivity index (χ2n) is 5.67. The minimum Gasteiger partial charge on any atom is -0.370 e. The maximum absolute atomic E-state index is 11.6. The molecule has 0 saturated carbocycles. The molecule has 1 amide bonds. The molecule has 1 aromatic carbocycles. The molecule has 1 aliphatic heterocycles. The van der Waals surface area contributed by atoms with E-state index in [2.05, 4.69) is 18.7 Å². The van der Waals surface area contributed by atoms with Crippen LogP contribution < -0.4 is 10.6 Å². The summed E-state index contributed by atoms with van der Waals surface area (Å²) in [6.45, 7) is 6.00. The van der Waals surface area contributed by atoms with Crippen molar-refractivity contribution in [3.63, 3.8) is 0 Å². The fourth-order valence-electron chi connectivity index (χ4n) is 2.97. The maximum atomic E-state index is 11.6. The number of nitro benzene ring substituents is 1. The molecule has 0 spiro atoms. The van der Waals surface area contributed by atoms with Gasteiger partial charge in [0, 0.05) is 25.2 Å². The van der Waals surface area contributed by atoms with Crippen molar-refractivity contribution < 1.29 is 9.72 Å². The van der Waals surface area contributed by atoms with Crippen LogP contribution in [0.25, 0.3) is 0 Å². The standard InChI is InChI=1S/C14H19N3O3/c1-9-5-10(2)8-16(7-9)13-4-3-11(17(19)20)6-12(13)14(15)18/h3-4,6,9-10H,5,7-8H2,1-2H3,(H2,15,18). The zero-order valence-corrected chi connectivity index (χ0v) is 11.7. The number of carbonyl (C=O) groups is 1. The molecule has 1 saturated heterocycles. The van der Waals surface area contributed by atoms with Gasteiger partial charge < -0.3 is 10.6 Å². The number of piperidine rings is 1. The topological polar surface area (TPSA) is 89.5 Å². The summed E-state index contributed by atoms with van der Waals surface area (Å²) in [5.74, 6) is 0.416. The molecule has 20 heavy (non-hydrogen) atoms. The van der Waals surface area contributed by atoms with E-state index in [1.54, 1.807) is 6.07 Å². The molecular weight excluding hydrogens is 258 g/mol. The highest BCUT2D eigenvalue weighted by Gasteiger charge is 2.25. The van der Waals surface area contributed by atoms with Crippen molar-refractivity contribution in [2.45, 2.75) is 20.3 Å². The molecule has 6 nitrogen and oxygen atoms in total. The van der Waals surface area contributed by atoms with E-state index in [4.69, 9.17) is 5.73 Å². The second kappa shape index (κ2) is 5.48. The van der Waals surface area contributed by atoms with Crippen LogP contribution in [0, 0.1) is 22.0 Å². The predicted molar refractivity (Wildman–Crippen MR) is 76.8 cm³/mol. The van der Waals surface area contributed by atoms with Gasteiger partial charge in [-0.05, 0) is 24.3 Å². The van der Waals surface area contributed by atoms with Crippen LogP contribution in [0.5, 0.6) is 0 Å². The van der Waals surface area contributed by atoms with E-state index >= 15 is 0 Å². The lowest BCUT2D eigenvalue weighted by atomic mass is 9.91. The van der Waals surface area contributed by atoms with Crippen molar-refractivity contribution in [2.75, 3.05) is 18.0 Å². The van der Waals surface area contributed by atoms with Gasteiger partial charge >= 0.3 is 0 Å². The number of primary amides is 1. The first-order valence-corrected chi connectivity index (χ1v) is 6.71. The Kier molecular flexibility index (Phi) is 3.92. The Bertz CT molecular complexity index is 534. The number of nitrogens with zero attached hydrogens (tertiary/aromatic N) is 2. The third kappa shape index (κ3) is 2.89. The normalized spacial score (nSPS) is 22.6. The fraction of sp³-hybridized carbons (Fsp3) is 0.500. The molecule has 2 N–H and O–H groups in total. The van der Waals surface area contributed by atoms with E-state index in [0.717, 1.165) is 19.5 Å². The number of benzene rings is 1. The van der Waals surface area contributed by atoms with Crippen LogP contribution in [0.15, 0.2) is 18.2 Å². The monoisotopic (exact) mass is 277 g/mol. The van der Waals surface area contributed by atoms with Gasteiger partial charge in [0.15, 0.2) is 0 Å². The number of hydrogen-bond donors (Lipinski definition) is 1. The number of hydrogen-bond acceptors (Lipinski definition) is 4. The van der Waals surface area contributed by atoms with Crippen LogP contribution in [0.4, 0.5) is 11.4 Å². The third-order valence-corrected chi connectivity index (χ3v) is 3.67. The Morgan fingerprint density at radius 1 is 1.35 bits per heavy atom. The lowest BCUT2D eigenvalue weighted by Crippen LogP contribution is -2.39. The molecule has 0 bridgehead atoms. The number of anilines is 1. The summed E-state index contributed by atoms with van der Waals surface area (Å²) in [6.07, 6.45) is 1.15. The first kappa shape index (κ1) is 14.3. The minimum absolute atomic E-state index is 0.111. The molecule has 1 heterocycles. The largest absolute Gasteiger partial charge is 0.370 e. The van der Waals surface area contributed by atoms with Gasteiger partial charge in [-0.2, -0.15) is 0 Å². The van der Waals surface area contributed by atoms with E-state index in [9.17, 15) is 14.9 Å². The summed E-state index contributed by atoms with van der Waals surface area (Å²) >= 11 is 0. The summed E-state index contributed by atoms with van der Waals surface area (Å²) in [4.78, 5) is 24.0. The lowest BCUT2D eigenvalue weighted by molar-refractivity contribution is -0.384. The smallest absolute Gasteiger partial charge is 0.270 e. The molecule has 1 aromatic rings. The number of amides is 1. The molecule has 0 aromatic heterocycles. The average molecular weight is 277 g/mol. The molecule has 0 radical (unpaired) electrons. The van der Waals surface area contributed by atoms with Crippen molar-refractivity contribution in [1.82, 2.24) is 0 Å². The minimum atomic E-state index is -0.630. The van der Waals surface area contributed by atoms with Crippen molar-refractivity contribution >= 4 is 17.3 Å². The van der Waals surface area contributed by atoms with Crippen LogP contribution in [0.1, 0.15) is 30.6 Å². The van der Waals surface area contributed by atoms with Gasteiger partial charge in [0.1, 0.15) is 0 Å².